The molecule has 0 saturated carbocycles. The fourth-order valence-electron chi connectivity index (χ4n) is 1.50. The second-order valence-electron chi connectivity index (χ2n) is 4.05. The van der Waals surface area contributed by atoms with E-state index in [1.165, 1.54) is 0 Å². The third-order valence-electron chi connectivity index (χ3n) is 2.54. The van der Waals surface area contributed by atoms with Crippen molar-refractivity contribution in [3.05, 3.63) is 29.8 Å². The number of benzene rings is 1. The number of hydrogen-bond donors (Lipinski definition) is 0. The third kappa shape index (κ3) is 5.34. The molecular weight excluding hydrogens is 226 g/mol. The fourth-order valence-corrected chi connectivity index (χ4v) is 1.50. The highest BCUT2D eigenvalue weighted by atomic mass is 16.5. The molecule has 0 aliphatic rings. The van der Waals surface area contributed by atoms with Crippen LogP contribution in [0.1, 0.15) is 18.4 Å². The monoisotopic (exact) mass is 243 g/mol. The first-order chi connectivity index (χ1) is 8.76. The van der Waals surface area contributed by atoms with Gasteiger partial charge in [0.2, 0.25) is 0 Å². The summed E-state index contributed by atoms with van der Waals surface area (Å²) in [4.78, 5) is 2.12. The van der Waals surface area contributed by atoms with Crippen LogP contribution in [0.15, 0.2) is 24.3 Å². The molecule has 0 amide bonds. The van der Waals surface area contributed by atoms with E-state index >= 15 is 0 Å². The molecule has 0 aliphatic carbocycles. The summed E-state index contributed by atoms with van der Waals surface area (Å²) >= 11 is 0. The van der Waals surface area contributed by atoms with Crippen molar-refractivity contribution >= 4 is 0 Å². The molecule has 0 aliphatic heterocycles. The van der Waals surface area contributed by atoms with Gasteiger partial charge in [0.25, 0.3) is 0 Å². The van der Waals surface area contributed by atoms with Crippen molar-refractivity contribution in [2.75, 3.05) is 26.7 Å². The first kappa shape index (κ1) is 14.0. The van der Waals surface area contributed by atoms with Gasteiger partial charge in [-0.3, -0.25) is 0 Å². The van der Waals surface area contributed by atoms with Gasteiger partial charge in [-0.1, -0.05) is 0 Å². The second-order valence-corrected chi connectivity index (χ2v) is 4.05. The summed E-state index contributed by atoms with van der Waals surface area (Å²) in [5, 5.41) is 17.1. The minimum absolute atomic E-state index is 0.562. The maximum absolute atomic E-state index is 8.66. The number of rotatable bonds is 7. The summed E-state index contributed by atoms with van der Waals surface area (Å²) in [5.74, 6) is 0.786. The molecule has 0 spiro atoms. The molecule has 18 heavy (non-hydrogen) atoms. The van der Waals surface area contributed by atoms with Crippen molar-refractivity contribution in [2.45, 2.75) is 12.8 Å². The number of hydrogen-bond acceptors (Lipinski definition) is 4. The van der Waals surface area contributed by atoms with Gasteiger partial charge in [0, 0.05) is 19.5 Å². The smallest absolute Gasteiger partial charge is 0.119 e. The molecule has 94 valence electrons. The van der Waals surface area contributed by atoms with E-state index in [-0.39, 0.29) is 0 Å². The Bertz CT molecular complexity index is 428. The first-order valence-corrected chi connectivity index (χ1v) is 5.94. The Hall–Kier alpha value is -2.04. The van der Waals surface area contributed by atoms with E-state index in [4.69, 9.17) is 15.3 Å². The Morgan fingerprint density at radius 2 is 1.89 bits per heavy atom. The predicted molar refractivity (Wildman–Crippen MR) is 69.0 cm³/mol. The average molecular weight is 243 g/mol. The Balaban J connectivity index is 2.18. The van der Waals surface area contributed by atoms with Crippen LogP contribution >= 0.6 is 0 Å². The van der Waals surface area contributed by atoms with E-state index in [2.05, 4.69) is 17.0 Å². The molecule has 4 nitrogen and oxygen atoms in total. The zero-order valence-corrected chi connectivity index (χ0v) is 10.6. The van der Waals surface area contributed by atoms with Gasteiger partial charge in [0.15, 0.2) is 0 Å². The van der Waals surface area contributed by atoms with Crippen molar-refractivity contribution in [3.63, 3.8) is 0 Å². The van der Waals surface area contributed by atoms with Crippen molar-refractivity contribution < 1.29 is 4.74 Å². The summed E-state index contributed by atoms with van der Waals surface area (Å²) in [5.41, 5.74) is 0.638. The molecule has 0 unspecified atom stereocenters. The van der Waals surface area contributed by atoms with Crippen LogP contribution in [0.25, 0.3) is 0 Å². The molecule has 0 N–H and O–H groups in total. The maximum Gasteiger partial charge on any atom is 0.119 e. The Morgan fingerprint density at radius 3 is 2.50 bits per heavy atom. The zero-order chi connectivity index (χ0) is 13.2. The lowest BCUT2D eigenvalue weighted by molar-refractivity contribution is 0.265. The molecule has 0 fully saturated rings. The topological polar surface area (TPSA) is 60.1 Å². The molecule has 0 bridgehead atoms. The van der Waals surface area contributed by atoms with Crippen molar-refractivity contribution in [3.8, 4) is 17.9 Å². The van der Waals surface area contributed by atoms with Crippen molar-refractivity contribution in [1.82, 2.24) is 4.90 Å². The summed E-state index contributed by atoms with van der Waals surface area (Å²) in [6, 6.07) is 11.3. The van der Waals surface area contributed by atoms with Gasteiger partial charge >= 0.3 is 0 Å². The zero-order valence-electron chi connectivity index (χ0n) is 10.6. The molecule has 0 radical (unpaired) electrons. The standard InChI is InChI=1S/C14H17N3O/c1-17(9-2-8-15)10-3-11-18-14-6-4-13(12-16)5-7-14/h4-7H,2-3,9-11H2,1H3. The van der Waals surface area contributed by atoms with Gasteiger partial charge in [-0.05, 0) is 37.7 Å². The van der Waals surface area contributed by atoms with Crippen LogP contribution in [0.4, 0.5) is 0 Å². The molecule has 0 heterocycles. The maximum atomic E-state index is 8.66. The van der Waals surface area contributed by atoms with Crippen molar-refractivity contribution in [1.29, 1.82) is 10.5 Å². The van der Waals surface area contributed by atoms with Crippen LogP contribution in [-0.2, 0) is 0 Å². The quantitative estimate of drug-likeness (QED) is 0.689. The predicted octanol–water partition coefficient (Wildman–Crippen LogP) is 2.17. The van der Waals surface area contributed by atoms with Crippen molar-refractivity contribution in [2.24, 2.45) is 0 Å². The van der Waals surface area contributed by atoms with Crippen LogP contribution in [0.3, 0.4) is 0 Å². The van der Waals surface area contributed by atoms with E-state index in [1.54, 1.807) is 24.3 Å². The van der Waals surface area contributed by atoms with E-state index in [9.17, 15) is 0 Å². The molecular formula is C14H17N3O. The van der Waals surface area contributed by atoms with Gasteiger partial charge in [-0.2, -0.15) is 10.5 Å². The summed E-state index contributed by atoms with van der Waals surface area (Å²) < 4.78 is 5.56. The highest BCUT2D eigenvalue weighted by Gasteiger charge is 1.98. The van der Waals surface area contributed by atoms with Crippen LogP contribution in [0.2, 0.25) is 0 Å². The van der Waals surface area contributed by atoms with E-state index in [0.29, 0.717) is 18.6 Å². The Morgan fingerprint density at radius 1 is 1.17 bits per heavy atom. The lowest BCUT2D eigenvalue weighted by Gasteiger charge is -2.14. The number of ether oxygens (including phenoxy) is 1. The van der Waals surface area contributed by atoms with Gasteiger partial charge in [-0.25, -0.2) is 0 Å². The number of nitriles is 2. The van der Waals surface area contributed by atoms with E-state index in [0.717, 1.165) is 25.3 Å². The van der Waals surface area contributed by atoms with Gasteiger partial charge < -0.3 is 9.64 Å². The Labute approximate surface area is 108 Å². The molecule has 1 rings (SSSR count). The summed E-state index contributed by atoms with van der Waals surface area (Å²) in [7, 11) is 2.00. The SMILES string of the molecule is CN(CCC#N)CCCOc1ccc(C#N)cc1. The van der Waals surface area contributed by atoms with Gasteiger partial charge in [-0.15, -0.1) is 0 Å². The van der Waals surface area contributed by atoms with Crippen LogP contribution < -0.4 is 4.74 Å². The third-order valence-corrected chi connectivity index (χ3v) is 2.54. The molecule has 0 saturated heterocycles. The van der Waals surface area contributed by atoms with E-state index < -0.39 is 0 Å². The summed E-state index contributed by atoms with van der Waals surface area (Å²) in [6.07, 6.45) is 1.48. The Kier molecular flexibility index (Phi) is 6.32. The summed E-state index contributed by atoms with van der Waals surface area (Å²) in [6.45, 7) is 2.36. The minimum atomic E-state index is 0.562. The molecule has 1 aromatic rings. The molecule has 4 heteroatoms. The molecule has 0 aromatic heterocycles. The second kappa shape index (κ2) is 8.11. The van der Waals surface area contributed by atoms with Gasteiger partial charge in [0.1, 0.15) is 5.75 Å². The number of nitrogens with zero attached hydrogens (tertiary/aromatic N) is 3. The van der Waals surface area contributed by atoms with Crippen LogP contribution in [0.5, 0.6) is 5.75 Å². The highest BCUT2D eigenvalue weighted by Crippen LogP contribution is 2.11. The largest absolute Gasteiger partial charge is 0.494 e. The average Bonchev–Trinajstić information content (AvgIpc) is 2.42. The van der Waals surface area contributed by atoms with Gasteiger partial charge in [0.05, 0.1) is 24.3 Å². The lowest BCUT2D eigenvalue weighted by Crippen LogP contribution is -2.22. The van der Waals surface area contributed by atoms with E-state index in [1.807, 2.05) is 7.05 Å². The fraction of sp³-hybridized carbons (Fsp3) is 0.429. The highest BCUT2D eigenvalue weighted by molar-refractivity contribution is 5.34. The minimum Gasteiger partial charge on any atom is -0.494 e. The normalized spacial score (nSPS) is 9.78. The molecule has 1 aromatic carbocycles. The molecule has 0 atom stereocenters. The lowest BCUT2D eigenvalue weighted by atomic mass is 10.2. The van der Waals surface area contributed by atoms with Crippen LogP contribution in [0, 0.1) is 22.7 Å². The van der Waals surface area contributed by atoms with Crippen LogP contribution in [-0.4, -0.2) is 31.6 Å². The first-order valence-electron chi connectivity index (χ1n) is 5.94.